The smallest absolute Gasteiger partial charge is 0.336 e. The van der Waals surface area contributed by atoms with Gasteiger partial charge in [0.05, 0.1) is 12.0 Å². The lowest BCUT2D eigenvalue weighted by Crippen LogP contribution is -2.20. The van der Waals surface area contributed by atoms with E-state index in [-0.39, 0.29) is 18.8 Å². The summed E-state index contributed by atoms with van der Waals surface area (Å²) in [5, 5.41) is 20.4. The molecule has 19 heavy (non-hydrogen) atoms. The largest absolute Gasteiger partial charge is 0.481 e. The number of aliphatic carboxylic acids is 1. The average molecular weight is 306 g/mol. The number of hydrogen-bond donors (Lipinski definition) is 3. The number of carboxylic acid groups (broad SMARTS) is 2. The van der Waals surface area contributed by atoms with Crippen LogP contribution in [0.5, 0.6) is 0 Å². The minimum Gasteiger partial charge on any atom is -0.481 e. The Kier molecular flexibility index (Phi) is 9.03. The van der Waals surface area contributed by atoms with Gasteiger partial charge in [-0.2, -0.15) is 0 Å². The number of carbonyl (C=O) groups is 2. The Morgan fingerprint density at radius 1 is 1.16 bits per heavy atom. The lowest BCUT2D eigenvalue weighted by molar-refractivity contribution is -0.136. The molecule has 0 unspecified atom stereocenters. The van der Waals surface area contributed by atoms with Gasteiger partial charge in [-0.1, -0.05) is 12.1 Å². The van der Waals surface area contributed by atoms with Crippen molar-refractivity contribution in [1.29, 1.82) is 0 Å². The summed E-state index contributed by atoms with van der Waals surface area (Å²) in [6.45, 7) is 1.07. The molecule has 0 fully saturated rings. The van der Waals surface area contributed by atoms with E-state index in [2.05, 4.69) is 5.32 Å². The summed E-state index contributed by atoms with van der Waals surface area (Å²) in [6.07, 6.45) is 0.0936. The molecule has 1 aromatic carbocycles. The SMILES string of the molecule is Cl.O=C(O)CCNCCSc1ccccc1C(=O)O. The van der Waals surface area contributed by atoms with Crippen LogP contribution in [0.15, 0.2) is 29.2 Å². The van der Waals surface area contributed by atoms with Crippen LogP contribution < -0.4 is 5.32 Å². The number of halogens is 1. The van der Waals surface area contributed by atoms with E-state index >= 15 is 0 Å². The summed E-state index contributed by atoms with van der Waals surface area (Å²) < 4.78 is 0. The van der Waals surface area contributed by atoms with Gasteiger partial charge in [0.15, 0.2) is 0 Å². The second-order valence-electron chi connectivity index (χ2n) is 3.54. The Morgan fingerprint density at radius 2 is 1.84 bits per heavy atom. The van der Waals surface area contributed by atoms with Crippen molar-refractivity contribution in [2.24, 2.45) is 0 Å². The summed E-state index contributed by atoms with van der Waals surface area (Å²) >= 11 is 1.44. The predicted molar refractivity (Wildman–Crippen MR) is 76.5 cm³/mol. The van der Waals surface area contributed by atoms with Crippen molar-refractivity contribution in [3.05, 3.63) is 29.8 Å². The van der Waals surface area contributed by atoms with Crippen molar-refractivity contribution < 1.29 is 19.8 Å². The van der Waals surface area contributed by atoms with Gasteiger partial charge in [0.25, 0.3) is 0 Å². The Bertz CT molecular complexity index is 428. The maximum atomic E-state index is 10.9. The molecule has 0 heterocycles. The molecule has 1 aromatic rings. The minimum atomic E-state index is -0.933. The third-order valence-corrected chi connectivity index (χ3v) is 3.24. The van der Waals surface area contributed by atoms with Crippen molar-refractivity contribution >= 4 is 36.1 Å². The first-order chi connectivity index (χ1) is 8.61. The molecule has 7 heteroatoms. The molecule has 0 atom stereocenters. The molecule has 5 nitrogen and oxygen atoms in total. The van der Waals surface area contributed by atoms with E-state index < -0.39 is 11.9 Å². The van der Waals surface area contributed by atoms with E-state index in [1.807, 2.05) is 0 Å². The van der Waals surface area contributed by atoms with Gasteiger partial charge in [-0.15, -0.1) is 24.2 Å². The van der Waals surface area contributed by atoms with E-state index in [1.165, 1.54) is 11.8 Å². The quantitative estimate of drug-likeness (QED) is 0.503. The summed E-state index contributed by atoms with van der Waals surface area (Å²) in [6, 6.07) is 6.83. The Labute approximate surface area is 121 Å². The van der Waals surface area contributed by atoms with E-state index in [4.69, 9.17) is 10.2 Å². The molecule has 3 N–H and O–H groups in total. The van der Waals surface area contributed by atoms with Gasteiger partial charge in [-0.25, -0.2) is 4.79 Å². The Balaban J connectivity index is 0.00000324. The van der Waals surface area contributed by atoms with Gasteiger partial charge in [0.2, 0.25) is 0 Å². The van der Waals surface area contributed by atoms with Crippen molar-refractivity contribution in [2.75, 3.05) is 18.8 Å². The molecule has 0 bridgehead atoms. The highest BCUT2D eigenvalue weighted by molar-refractivity contribution is 7.99. The highest BCUT2D eigenvalue weighted by Gasteiger charge is 2.08. The van der Waals surface area contributed by atoms with Crippen LogP contribution in [0.2, 0.25) is 0 Å². The number of carboxylic acids is 2. The maximum Gasteiger partial charge on any atom is 0.336 e. The minimum absolute atomic E-state index is 0. The summed E-state index contributed by atoms with van der Waals surface area (Å²) in [7, 11) is 0. The van der Waals surface area contributed by atoms with Crippen LogP contribution in [0.25, 0.3) is 0 Å². The zero-order chi connectivity index (χ0) is 13.4. The molecule has 1 rings (SSSR count). The lowest BCUT2D eigenvalue weighted by atomic mass is 10.2. The van der Waals surface area contributed by atoms with Gasteiger partial charge in [0, 0.05) is 23.7 Å². The Hall–Kier alpha value is -1.24. The van der Waals surface area contributed by atoms with Crippen LogP contribution in [-0.2, 0) is 4.79 Å². The molecule has 0 aromatic heterocycles. The fourth-order valence-electron chi connectivity index (χ4n) is 1.32. The monoisotopic (exact) mass is 305 g/mol. The normalized spacial score (nSPS) is 9.68. The molecule has 0 amide bonds. The third kappa shape index (κ3) is 7.05. The van der Waals surface area contributed by atoms with E-state index in [9.17, 15) is 9.59 Å². The van der Waals surface area contributed by atoms with Crippen molar-refractivity contribution in [3.8, 4) is 0 Å². The van der Waals surface area contributed by atoms with Crippen molar-refractivity contribution in [1.82, 2.24) is 5.32 Å². The molecular formula is C12H16ClNO4S. The molecule has 0 aliphatic carbocycles. The number of thioether (sulfide) groups is 1. The molecule has 0 aliphatic rings. The van der Waals surface area contributed by atoms with Crippen LogP contribution in [0.3, 0.4) is 0 Å². The van der Waals surface area contributed by atoms with Gasteiger partial charge in [0.1, 0.15) is 0 Å². The molecular weight excluding hydrogens is 290 g/mol. The molecule has 106 valence electrons. The van der Waals surface area contributed by atoms with Crippen LogP contribution >= 0.6 is 24.2 Å². The standard InChI is InChI=1S/C12H15NO4S.ClH/c14-11(15)5-6-13-7-8-18-10-4-2-1-3-9(10)12(16)17;/h1-4,13H,5-8H2,(H,14,15)(H,16,17);1H. The molecule has 0 aliphatic heterocycles. The number of aromatic carboxylic acids is 1. The van der Waals surface area contributed by atoms with Crippen LogP contribution in [0.4, 0.5) is 0 Å². The number of hydrogen-bond acceptors (Lipinski definition) is 4. The zero-order valence-electron chi connectivity index (χ0n) is 10.2. The van der Waals surface area contributed by atoms with E-state index in [0.717, 1.165) is 4.90 Å². The fourth-order valence-corrected chi connectivity index (χ4v) is 2.27. The number of benzene rings is 1. The summed E-state index contributed by atoms with van der Waals surface area (Å²) in [5.74, 6) is -1.06. The summed E-state index contributed by atoms with van der Waals surface area (Å²) in [5.41, 5.74) is 0.299. The summed E-state index contributed by atoms with van der Waals surface area (Å²) in [4.78, 5) is 21.9. The first-order valence-corrected chi connectivity index (χ1v) is 6.47. The molecule has 0 radical (unpaired) electrons. The molecule has 0 saturated carbocycles. The van der Waals surface area contributed by atoms with Crippen LogP contribution in [0.1, 0.15) is 16.8 Å². The molecule has 0 saturated heterocycles. The van der Waals surface area contributed by atoms with Gasteiger partial charge in [-0.3, -0.25) is 4.79 Å². The topological polar surface area (TPSA) is 86.6 Å². The van der Waals surface area contributed by atoms with E-state index in [0.29, 0.717) is 24.4 Å². The van der Waals surface area contributed by atoms with Gasteiger partial charge < -0.3 is 15.5 Å². The van der Waals surface area contributed by atoms with Crippen molar-refractivity contribution in [3.63, 3.8) is 0 Å². The van der Waals surface area contributed by atoms with Crippen LogP contribution in [0, 0.1) is 0 Å². The second kappa shape index (κ2) is 9.66. The number of rotatable bonds is 8. The van der Waals surface area contributed by atoms with Gasteiger partial charge >= 0.3 is 11.9 Å². The lowest BCUT2D eigenvalue weighted by Gasteiger charge is -2.06. The zero-order valence-corrected chi connectivity index (χ0v) is 11.8. The van der Waals surface area contributed by atoms with E-state index in [1.54, 1.807) is 24.3 Å². The second-order valence-corrected chi connectivity index (χ2v) is 4.68. The van der Waals surface area contributed by atoms with Crippen molar-refractivity contribution in [2.45, 2.75) is 11.3 Å². The predicted octanol–water partition coefficient (Wildman–Crippen LogP) is 1.96. The first-order valence-electron chi connectivity index (χ1n) is 5.49. The third-order valence-electron chi connectivity index (χ3n) is 2.17. The van der Waals surface area contributed by atoms with Crippen LogP contribution in [-0.4, -0.2) is 41.0 Å². The maximum absolute atomic E-state index is 10.9. The average Bonchev–Trinajstić information content (AvgIpc) is 2.33. The molecule has 0 spiro atoms. The number of nitrogens with one attached hydrogen (secondary N) is 1. The highest BCUT2D eigenvalue weighted by atomic mass is 35.5. The van der Waals surface area contributed by atoms with Gasteiger partial charge in [-0.05, 0) is 12.1 Å². The Morgan fingerprint density at radius 3 is 2.47 bits per heavy atom. The first kappa shape index (κ1) is 17.8. The fraction of sp³-hybridized carbons (Fsp3) is 0.333. The highest BCUT2D eigenvalue weighted by Crippen LogP contribution is 2.21.